The molecule has 354 valence electrons. The first-order valence-corrected chi connectivity index (χ1v) is 23.5. The number of unbranched alkanes of at least 4 members (excludes halogenated alkanes) is 2. The Morgan fingerprint density at radius 1 is 0.841 bits per heavy atom. The Balaban J connectivity index is 1.07. The SMILES string of the molecule is CCCCCOC[C@@H](C)[C@@]1(O)[C@@H](O[C@@H]2OC[C@H](O)[C@H](O[C@@H]3OC[C@@H](O)[C@H](O)[C@H]3OC(=O)c3ccc(OC)cc3)[C@H]2OC(C)=O)C[C@H]2[C@@H]3C[C@@H](OC)[C@]45C[C@H]4CC[C@]5(C)[C@H]3CC[C@@]21C. The zero-order chi connectivity index (χ0) is 45.1. The lowest BCUT2D eigenvalue weighted by Gasteiger charge is -2.62. The molecule has 1 aromatic rings. The highest BCUT2D eigenvalue weighted by Crippen LogP contribution is 2.82. The Hall–Kier alpha value is -2.44. The predicted octanol–water partition coefficient (Wildman–Crippen LogP) is 4.57. The van der Waals surface area contributed by atoms with Crippen molar-refractivity contribution in [2.45, 2.75) is 166 Å². The largest absolute Gasteiger partial charge is 0.497 e. The van der Waals surface area contributed by atoms with Gasteiger partial charge in [-0.3, -0.25) is 4.79 Å². The van der Waals surface area contributed by atoms with Crippen molar-refractivity contribution in [3.8, 4) is 5.75 Å². The van der Waals surface area contributed by atoms with Crippen molar-refractivity contribution in [3.05, 3.63) is 29.8 Å². The van der Waals surface area contributed by atoms with Crippen molar-refractivity contribution >= 4 is 11.9 Å². The van der Waals surface area contributed by atoms with Gasteiger partial charge < -0.3 is 63.1 Å². The van der Waals surface area contributed by atoms with E-state index in [1.54, 1.807) is 12.1 Å². The fourth-order valence-electron chi connectivity index (χ4n) is 14.1. The average Bonchev–Trinajstić information content (AvgIpc) is 3.86. The van der Waals surface area contributed by atoms with E-state index in [0.29, 0.717) is 37.2 Å². The number of carbonyl (C=O) groups excluding carboxylic acids is 2. The number of carbonyl (C=O) groups is 2. The highest BCUT2D eigenvalue weighted by Gasteiger charge is 2.79. The minimum Gasteiger partial charge on any atom is -0.497 e. The van der Waals surface area contributed by atoms with Crippen LogP contribution in [0.4, 0.5) is 0 Å². The van der Waals surface area contributed by atoms with Crippen molar-refractivity contribution < 1.29 is 72.6 Å². The van der Waals surface area contributed by atoms with Crippen molar-refractivity contribution in [1.29, 1.82) is 0 Å². The lowest BCUT2D eigenvalue weighted by Crippen LogP contribution is -2.64. The van der Waals surface area contributed by atoms with Gasteiger partial charge in [0.25, 0.3) is 0 Å². The van der Waals surface area contributed by atoms with E-state index in [1.807, 2.05) is 14.0 Å². The van der Waals surface area contributed by atoms with Crippen LogP contribution in [0.15, 0.2) is 24.3 Å². The highest BCUT2D eigenvalue weighted by molar-refractivity contribution is 5.89. The molecule has 7 aliphatic rings. The molecule has 2 heterocycles. The first-order valence-electron chi connectivity index (χ1n) is 23.5. The number of aliphatic hydroxyl groups is 4. The van der Waals surface area contributed by atoms with Crippen molar-refractivity contribution in [2.75, 3.05) is 40.6 Å². The summed E-state index contributed by atoms with van der Waals surface area (Å²) >= 11 is 0. The average molecular weight is 889 g/mol. The molecule has 15 nitrogen and oxygen atoms in total. The van der Waals surface area contributed by atoms with Gasteiger partial charge in [0.1, 0.15) is 35.8 Å². The van der Waals surface area contributed by atoms with E-state index in [2.05, 4.69) is 20.8 Å². The standard InChI is InChI=1S/C48H72O15/c1-8-9-10-19-57-23-26(2)48(54)37(21-33-31-20-36(56-7)47-22-29(47)15-17-45(47,4)32(31)16-18-46(33,48)5)61-44-41(60-27(3)49)39(35(51)25-59-44)63-43-40(38(52)34(50)24-58-43)62-42(53)28-11-13-30(55-6)14-12-28/h11-14,26,29,31-41,43-44,50-52,54H,8-10,15-25H2,1-7H3/t26-,29-,31-,32+,33+,34-,35+,36-,37+,38+,39+,40-,41-,43+,44+,45-,46+,47+,48-/m1/s1. The maximum Gasteiger partial charge on any atom is 0.338 e. The van der Waals surface area contributed by atoms with Gasteiger partial charge in [-0.25, -0.2) is 4.79 Å². The monoisotopic (exact) mass is 888 g/mol. The predicted molar refractivity (Wildman–Crippen MR) is 225 cm³/mol. The second-order valence-electron chi connectivity index (χ2n) is 20.4. The topological polar surface area (TPSA) is 198 Å². The lowest BCUT2D eigenvalue weighted by molar-refractivity contribution is -0.346. The Morgan fingerprint density at radius 3 is 2.21 bits per heavy atom. The van der Waals surface area contributed by atoms with E-state index in [-0.39, 0.29) is 47.5 Å². The van der Waals surface area contributed by atoms with Crippen LogP contribution in [-0.4, -0.2) is 140 Å². The van der Waals surface area contributed by atoms with Crippen LogP contribution in [0.1, 0.15) is 109 Å². The molecule has 8 rings (SSSR count). The summed E-state index contributed by atoms with van der Waals surface area (Å²) in [6, 6.07) is 6.13. The van der Waals surface area contributed by atoms with E-state index >= 15 is 0 Å². The van der Waals surface area contributed by atoms with Crippen LogP contribution in [0.2, 0.25) is 0 Å². The first-order chi connectivity index (χ1) is 30.1. The van der Waals surface area contributed by atoms with Crippen LogP contribution in [0, 0.1) is 45.8 Å². The molecule has 7 fully saturated rings. The molecule has 1 spiro atoms. The molecule has 0 bridgehead atoms. The summed E-state index contributed by atoms with van der Waals surface area (Å²) in [5, 5.41) is 46.7. The van der Waals surface area contributed by atoms with Crippen LogP contribution >= 0.6 is 0 Å². The maximum atomic E-state index is 13.6. The van der Waals surface area contributed by atoms with Gasteiger partial charge in [0.2, 0.25) is 0 Å². The quantitative estimate of drug-likeness (QED) is 0.133. The molecule has 2 aliphatic heterocycles. The van der Waals surface area contributed by atoms with Crippen LogP contribution in [-0.2, 0) is 42.7 Å². The van der Waals surface area contributed by atoms with Crippen LogP contribution in [0.3, 0.4) is 0 Å². The minimum absolute atomic E-state index is 0.0801. The third kappa shape index (κ3) is 7.95. The van der Waals surface area contributed by atoms with E-state index in [9.17, 15) is 30.0 Å². The van der Waals surface area contributed by atoms with Gasteiger partial charge in [0.05, 0.1) is 44.7 Å². The highest BCUT2D eigenvalue weighted by atomic mass is 16.8. The number of aliphatic hydroxyl groups excluding tert-OH is 3. The number of hydrogen-bond acceptors (Lipinski definition) is 15. The fraction of sp³-hybridized carbons (Fsp3) is 0.833. The van der Waals surface area contributed by atoms with Gasteiger partial charge in [-0.1, -0.05) is 40.5 Å². The van der Waals surface area contributed by atoms with Crippen LogP contribution < -0.4 is 4.74 Å². The molecule has 19 atom stereocenters. The van der Waals surface area contributed by atoms with Crippen LogP contribution in [0.25, 0.3) is 0 Å². The third-order valence-corrected chi connectivity index (χ3v) is 17.4. The third-order valence-electron chi connectivity index (χ3n) is 17.4. The number of benzene rings is 1. The summed E-state index contributed by atoms with van der Waals surface area (Å²) in [4.78, 5) is 26.2. The van der Waals surface area contributed by atoms with Gasteiger partial charge in [-0.15, -0.1) is 0 Å². The number of hydrogen-bond donors (Lipinski definition) is 4. The zero-order valence-corrected chi connectivity index (χ0v) is 38.1. The van der Waals surface area contributed by atoms with Gasteiger partial charge in [0.15, 0.2) is 24.8 Å². The molecule has 0 radical (unpaired) electrons. The maximum absolute atomic E-state index is 13.6. The molecule has 2 saturated heterocycles. The molecule has 0 unspecified atom stereocenters. The summed E-state index contributed by atoms with van der Waals surface area (Å²) in [5.41, 5.74) is -1.43. The number of fused-ring (bicyclic) bond motifs is 4. The molecule has 4 N–H and O–H groups in total. The molecule has 15 heteroatoms. The first kappa shape index (κ1) is 47.1. The van der Waals surface area contributed by atoms with Crippen LogP contribution in [0.5, 0.6) is 5.75 Å². The summed E-state index contributed by atoms with van der Waals surface area (Å²) < 4.78 is 54.8. The second-order valence-corrected chi connectivity index (χ2v) is 20.4. The van der Waals surface area contributed by atoms with E-state index in [0.717, 1.165) is 44.4 Å². The van der Waals surface area contributed by atoms with Gasteiger partial charge in [-0.2, -0.15) is 0 Å². The Bertz CT molecular complexity index is 1760. The van der Waals surface area contributed by atoms with Gasteiger partial charge in [-0.05, 0) is 105 Å². The number of ether oxygens (including phenoxy) is 9. The lowest BCUT2D eigenvalue weighted by atomic mass is 9.44. The smallest absolute Gasteiger partial charge is 0.338 e. The minimum atomic E-state index is -1.63. The number of methoxy groups -OCH3 is 2. The second kappa shape index (κ2) is 18.3. The molecular weight excluding hydrogens is 817 g/mol. The Labute approximate surface area is 371 Å². The summed E-state index contributed by atoms with van der Waals surface area (Å²) in [6.07, 6.45) is -2.21. The molecule has 1 aromatic carbocycles. The molecule has 0 aromatic heterocycles. The molecule has 5 saturated carbocycles. The van der Waals surface area contributed by atoms with E-state index < -0.39 is 78.3 Å². The van der Waals surface area contributed by atoms with E-state index in [4.69, 9.17) is 42.6 Å². The fourth-order valence-corrected chi connectivity index (χ4v) is 14.1. The Kier molecular flexibility index (Phi) is 13.7. The van der Waals surface area contributed by atoms with Gasteiger partial charge in [0, 0.05) is 37.4 Å². The summed E-state index contributed by atoms with van der Waals surface area (Å²) in [6.45, 7) is 10.4. The molecule has 63 heavy (non-hydrogen) atoms. The summed E-state index contributed by atoms with van der Waals surface area (Å²) in [7, 11) is 3.36. The zero-order valence-electron chi connectivity index (χ0n) is 38.1. The van der Waals surface area contributed by atoms with Crippen molar-refractivity contribution in [2.24, 2.45) is 45.8 Å². The number of rotatable bonds is 16. The normalized spacial score (nSPS) is 45.6. The Morgan fingerprint density at radius 2 is 1.54 bits per heavy atom. The molecule has 0 amide bonds. The molecule has 5 aliphatic carbocycles. The van der Waals surface area contributed by atoms with E-state index in [1.165, 1.54) is 45.4 Å². The van der Waals surface area contributed by atoms with Crippen molar-refractivity contribution in [3.63, 3.8) is 0 Å². The van der Waals surface area contributed by atoms with Gasteiger partial charge >= 0.3 is 11.9 Å². The van der Waals surface area contributed by atoms with Crippen molar-refractivity contribution in [1.82, 2.24) is 0 Å². The number of esters is 2. The molecular formula is C48H72O15. The summed E-state index contributed by atoms with van der Waals surface area (Å²) in [5.74, 6) is 0.215.